The van der Waals surface area contributed by atoms with Crippen molar-refractivity contribution in [2.75, 3.05) is 6.61 Å². The number of hydrogen-bond donors (Lipinski definition) is 0. The van der Waals surface area contributed by atoms with E-state index in [2.05, 4.69) is 23.8 Å². The Balaban J connectivity index is 3.21. The Bertz CT molecular complexity index is 338. The maximum atomic E-state index is 11.9. The molecule has 0 aromatic rings. The highest BCUT2D eigenvalue weighted by molar-refractivity contribution is 5.75. The summed E-state index contributed by atoms with van der Waals surface area (Å²) in [4.78, 5) is 10.5. The molecule has 5 heteroatoms. The van der Waals surface area contributed by atoms with Gasteiger partial charge in [0.1, 0.15) is 0 Å². The number of rotatable bonds is 16. The lowest BCUT2D eigenvalue weighted by Gasteiger charge is -2.06. The zero-order valence-corrected chi connectivity index (χ0v) is 15.7. The molecule has 0 atom stereocenters. The Morgan fingerprint density at radius 2 is 1.20 bits per heavy atom. The molecule has 0 rings (SSSR count). The van der Waals surface area contributed by atoms with Gasteiger partial charge in [0, 0.05) is 0 Å². The van der Waals surface area contributed by atoms with Gasteiger partial charge in [-0.3, -0.25) is 0 Å². The van der Waals surface area contributed by atoms with Crippen molar-refractivity contribution in [2.45, 2.75) is 103 Å². The van der Waals surface area contributed by atoms with Crippen molar-refractivity contribution >= 4 is 5.97 Å². The molecule has 0 bridgehead atoms. The highest BCUT2D eigenvalue weighted by atomic mass is 19.4. The maximum Gasteiger partial charge on any atom is 0.490 e. The monoisotopic (exact) mass is 364 g/mol. The minimum absolute atomic E-state index is 0.139. The maximum absolute atomic E-state index is 11.9. The molecule has 0 N–H and O–H groups in total. The second kappa shape index (κ2) is 16.5. The summed E-state index contributed by atoms with van der Waals surface area (Å²) in [5.41, 5.74) is 0. The summed E-state index contributed by atoms with van der Waals surface area (Å²) >= 11 is 0. The van der Waals surface area contributed by atoms with Crippen LogP contribution >= 0.6 is 0 Å². The topological polar surface area (TPSA) is 26.3 Å². The van der Waals surface area contributed by atoms with Crippen LogP contribution in [-0.4, -0.2) is 18.8 Å². The van der Waals surface area contributed by atoms with Gasteiger partial charge >= 0.3 is 12.1 Å². The molecule has 0 fully saturated rings. The van der Waals surface area contributed by atoms with E-state index in [4.69, 9.17) is 0 Å². The largest absolute Gasteiger partial charge is 0.490 e. The van der Waals surface area contributed by atoms with Gasteiger partial charge in [-0.05, 0) is 32.1 Å². The zero-order valence-electron chi connectivity index (χ0n) is 15.7. The highest BCUT2D eigenvalue weighted by Gasteiger charge is 2.40. The Morgan fingerprint density at radius 1 is 0.760 bits per heavy atom. The number of allylic oxidation sites excluding steroid dienone is 2. The molecule has 0 radical (unpaired) electrons. The Labute approximate surface area is 151 Å². The lowest BCUT2D eigenvalue weighted by molar-refractivity contribution is -0.199. The number of halogens is 3. The quantitative estimate of drug-likeness (QED) is 0.165. The summed E-state index contributed by atoms with van der Waals surface area (Å²) in [7, 11) is 0. The van der Waals surface area contributed by atoms with E-state index in [1.807, 2.05) is 0 Å². The van der Waals surface area contributed by atoms with Crippen molar-refractivity contribution in [3.05, 3.63) is 12.2 Å². The van der Waals surface area contributed by atoms with Crippen molar-refractivity contribution in [1.29, 1.82) is 0 Å². The predicted molar refractivity (Wildman–Crippen MR) is 96.5 cm³/mol. The summed E-state index contributed by atoms with van der Waals surface area (Å²) in [5, 5.41) is 0. The molecule has 0 spiro atoms. The molecule has 0 aromatic carbocycles. The number of ether oxygens (including phenoxy) is 1. The van der Waals surface area contributed by atoms with Gasteiger partial charge in [0.15, 0.2) is 0 Å². The Kier molecular flexibility index (Phi) is 15.8. The smallest absolute Gasteiger partial charge is 0.459 e. The summed E-state index contributed by atoms with van der Waals surface area (Å²) in [6, 6.07) is 0. The molecule has 2 nitrogen and oxygen atoms in total. The van der Waals surface area contributed by atoms with E-state index in [1.54, 1.807) is 0 Å². The molecule has 25 heavy (non-hydrogen) atoms. The van der Waals surface area contributed by atoms with Crippen molar-refractivity contribution in [3.63, 3.8) is 0 Å². The third-order valence-corrected chi connectivity index (χ3v) is 4.12. The van der Waals surface area contributed by atoms with Crippen LogP contribution in [0.15, 0.2) is 12.2 Å². The van der Waals surface area contributed by atoms with Crippen LogP contribution < -0.4 is 0 Å². The average molecular weight is 364 g/mol. The van der Waals surface area contributed by atoms with E-state index in [0.29, 0.717) is 6.42 Å². The lowest BCUT2D eigenvalue weighted by atomic mass is 10.1. The van der Waals surface area contributed by atoms with Gasteiger partial charge in [-0.1, -0.05) is 76.9 Å². The van der Waals surface area contributed by atoms with Crippen molar-refractivity contribution in [1.82, 2.24) is 0 Å². The van der Waals surface area contributed by atoms with Crippen LogP contribution in [0.4, 0.5) is 13.2 Å². The summed E-state index contributed by atoms with van der Waals surface area (Å²) in [6.07, 6.45) is 15.6. The molecule has 0 amide bonds. The van der Waals surface area contributed by atoms with Gasteiger partial charge in [-0.2, -0.15) is 13.2 Å². The highest BCUT2D eigenvalue weighted by Crippen LogP contribution is 2.17. The molecule has 0 aliphatic carbocycles. The van der Waals surface area contributed by atoms with Gasteiger partial charge in [0.2, 0.25) is 0 Å². The third kappa shape index (κ3) is 17.6. The first-order valence-electron chi connectivity index (χ1n) is 9.87. The van der Waals surface area contributed by atoms with Crippen LogP contribution in [0.5, 0.6) is 0 Å². The molecular formula is C20H35F3O2. The van der Waals surface area contributed by atoms with Crippen molar-refractivity contribution in [3.8, 4) is 0 Å². The number of unbranched alkanes of at least 4 members (excludes halogenated alkanes) is 12. The number of carbonyl (C=O) groups is 1. The summed E-state index contributed by atoms with van der Waals surface area (Å²) < 4.78 is 39.8. The van der Waals surface area contributed by atoms with E-state index >= 15 is 0 Å². The number of carbonyl (C=O) groups excluding carboxylic acids is 1. The molecule has 0 aromatic heterocycles. The first-order chi connectivity index (χ1) is 12.0. The van der Waals surface area contributed by atoms with Crippen LogP contribution in [0.3, 0.4) is 0 Å². The fourth-order valence-electron chi connectivity index (χ4n) is 2.60. The molecule has 148 valence electrons. The van der Waals surface area contributed by atoms with E-state index in [0.717, 1.165) is 38.5 Å². The van der Waals surface area contributed by atoms with Crippen LogP contribution in [0, 0.1) is 0 Å². The molecule has 0 unspecified atom stereocenters. The second-order valence-electron chi connectivity index (χ2n) is 6.57. The van der Waals surface area contributed by atoms with Crippen LogP contribution in [0.1, 0.15) is 96.8 Å². The minimum Gasteiger partial charge on any atom is -0.459 e. The first-order valence-corrected chi connectivity index (χ1v) is 9.87. The van der Waals surface area contributed by atoms with Gasteiger partial charge in [-0.25, -0.2) is 4.79 Å². The standard InChI is InChI=1S/C20H35F3O2/c1-2-3-4-5-6-7-8-9-10-11-12-13-14-15-16-17-18-25-19(24)20(21,22)23/h9-10H,2-8,11-18H2,1H3/b10-9+. The fourth-order valence-corrected chi connectivity index (χ4v) is 2.60. The zero-order chi connectivity index (χ0) is 18.8. The minimum atomic E-state index is -4.87. The third-order valence-electron chi connectivity index (χ3n) is 4.12. The average Bonchev–Trinajstić information content (AvgIpc) is 2.56. The predicted octanol–water partition coefficient (Wildman–Crippen LogP) is 7.13. The van der Waals surface area contributed by atoms with Crippen LogP contribution in [-0.2, 0) is 9.53 Å². The molecule has 0 saturated heterocycles. The normalized spacial score (nSPS) is 12.0. The summed E-state index contributed by atoms with van der Waals surface area (Å²) in [6.45, 7) is 2.09. The Hall–Kier alpha value is -1.00. The second-order valence-corrected chi connectivity index (χ2v) is 6.57. The van der Waals surface area contributed by atoms with Gasteiger partial charge in [-0.15, -0.1) is 0 Å². The van der Waals surface area contributed by atoms with E-state index in [1.165, 1.54) is 44.9 Å². The fraction of sp³-hybridized carbons (Fsp3) is 0.850. The van der Waals surface area contributed by atoms with E-state index < -0.39 is 12.1 Å². The molecule has 0 heterocycles. The van der Waals surface area contributed by atoms with Crippen molar-refractivity contribution in [2.24, 2.45) is 0 Å². The number of hydrogen-bond acceptors (Lipinski definition) is 2. The van der Waals surface area contributed by atoms with Crippen LogP contribution in [0.25, 0.3) is 0 Å². The Morgan fingerprint density at radius 3 is 1.68 bits per heavy atom. The summed E-state index contributed by atoms with van der Waals surface area (Å²) in [5.74, 6) is -2.08. The van der Waals surface area contributed by atoms with E-state index in [-0.39, 0.29) is 6.61 Å². The van der Waals surface area contributed by atoms with E-state index in [9.17, 15) is 18.0 Å². The van der Waals surface area contributed by atoms with Gasteiger partial charge in [0.05, 0.1) is 6.61 Å². The molecular weight excluding hydrogens is 329 g/mol. The molecule has 0 aliphatic rings. The first kappa shape index (κ1) is 24.0. The lowest BCUT2D eigenvalue weighted by Crippen LogP contribution is -2.25. The van der Waals surface area contributed by atoms with Gasteiger partial charge < -0.3 is 4.74 Å². The molecule has 0 saturated carbocycles. The SMILES string of the molecule is CCCCCCCC/C=C/CCCCCCCCOC(=O)C(F)(F)F. The number of alkyl halides is 3. The van der Waals surface area contributed by atoms with Gasteiger partial charge in [0.25, 0.3) is 0 Å². The van der Waals surface area contributed by atoms with Crippen LogP contribution in [0.2, 0.25) is 0 Å². The van der Waals surface area contributed by atoms with Crippen molar-refractivity contribution < 1.29 is 22.7 Å². The molecule has 0 aliphatic heterocycles. The number of esters is 1.